The molecule has 108 valence electrons. The number of hydrogen-bond acceptors (Lipinski definition) is 2. The minimum atomic E-state index is -3.41. The third kappa shape index (κ3) is 3.71. The topological polar surface area (TPSA) is 51.1 Å². The molecule has 0 unspecified atom stereocenters. The highest BCUT2D eigenvalue weighted by Crippen LogP contribution is 2.16. The molecule has 4 nitrogen and oxygen atoms in total. The maximum Gasteiger partial charge on any atom is 0.240 e. The van der Waals surface area contributed by atoms with Gasteiger partial charge in [-0.05, 0) is 49.6 Å². The van der Waals surface area contributed by atoms with Crippen molar-refractivity contribution in [2.75, 3.05) is 6.54 Å². The average Bonchev–Trinajstić information content (AvgIpc) is 2.90. The number of benzene rings is 1. The van der Waals surface area contributed by atoms with Crippen LogP contribution in [0.25, 0.3) is 0 Å². The van der Waals surface area contributed by atoms with E-state index in [0.717, 1.165) is 24.1 Å². The zero-order valence-electron chi connectivity index (χ0n) is 11.8. The normalized spacial score (nSPS) is 11.7. The molecule has 1 aromatic carbocycles. The number of rotatable bonds is 6. The van der Waals surface area contributed by atoms with E-state index in [1.54, 1.807) is 6.07 Å². The van der Waals surface area contributed by atoms with E-state index in [-0.39, 0.29) is 0 Å². The van der Waals surface area contributed by atoms with Crippen LogP contribution in [0.2, 0.25) is 0 Å². The molecule has 0 radical (unpaired) electrons. The summed E-state index contributed by atoms with van der Waals surface area (Å²) in [6.45, 7) is 4.95. The van der Waals surface area contributed by atoms with Crippen LogP contribution in [-0.2, 0) is 16.6 Å². The fraction of sp³-hybridized carbons (Fsp3) is 0.333. The summed E-state index contributed by atoms with van der Waals surface area (Å²) >= 11 is 0. The van der Waals surface area contributed by atoms with Crippen molar-refractivity contribution >= 4 is 10.0 Å². The maximum atomic E-state index is 12.2. The molecule has 0 aliphatic rings. The first-order valence-corrected chi connectivity index (χ1v) is 8.15. The van der Waals surface area contributed by atoms with E-state index < -0.39 is 10.0 Å². The third-order valence-electron chi connectivity index (χ3n) is 3.18. The molecule has 0 spiro atoms. The molecule has 0 aliphatic carbocycles. The lowest BCUT2D eigenvalue weighted by atomic mass is 10.2. The van der Waals surface area contributed by atoms with Gasteiger partial charge in [0.05, 0.1) is 4.90 Å². The Bertz CT molecular complexity index is 661. The first-order chi connectivity index (χ1) is 9.49. The van der Waals surface area contributed by atoms with E-state index in [1.165, 1.54) is 0 Å². The van der Waals surface area contributed by atoms with Gasteiger partial charge < -0.3 is 4.57 Å². The Kier molecular flexibility index (Phi) is 4.62. The Labute approximate surface area is 120 Å². The second-order valence-corrected chi connectivity index (χ2v) is 6.68. The minimum Gasteiger partial charge on any atom is -0.354 e. The molecule has 0 atom stereocenters. The van der Waals surface area contributed by atoms with Gasteiger partial charge in [0.25, 0.3) is 0 Å². The smallest absolute Gasteiger partial charge is 0.240 e. The Morgan fingerprint density at radius 2 is 1.85 bits per heavy atom. The van der Waals surface area contributed by atoms with Gasteiger partial charge in [-0.2, -0.15) is 0 Å². The molecule has 0 bridgehead atoms. The number of nitrogens with zero attached hydrogens (tertiary/aromatic N) is 1. The molecule has 0 aliphatic heterocycles. The van der Waals surface area contributed by atoms with Crippen LogP contribution >= 0.6 is 0 Å². The SMILES string of the molecule is Cc1ccc(C)c(S(=O)(=O)NCCCn2cccc2)c1. The van der Waals surface area contributed by atoms with Crippen LogP contribution in [0.3, 0.4) is 0 Å². The van der Waals surface area contributed by atoms with Crippen LogP contribution in [-0.4, -0.2) is 19.5 Å². The van der Waals surface area contributed by atoms with Gasteiger partial charge in [0.1, 0.15) is 0 Å². The van der Waals surface area contributed by atoms with Crippen molar-refractivity contribution in [3.63, 3.8) is 0 Å². The van der Waals surface area contributed by atoms with Gasteiger partial charge in [0.15, 0.2) is 0 Å². The van der Waals surface area contributed by atoms with Gasteiger partial charge in [-0.25, -0.2) is 13.1 Å². The first-order valence-electron chi connectivity index (χ1n) is 6.67. The van der Waals surface area contributed by atoms with Crippen LogP contribution in [0.15, 0.2) is 47.6 Å². The molecule has 2 rings (SSSR count). The van der Waals surface area contributed by atoms with Crippen molar-refractivity contribution in [1.82, 2.24) is 9.29 Å². The molecular weight excluding hydrogens is 272 g/mol. The zero-order chi connectivity index (χ0) is 14.6. The van der Waals surface area contributed by atoms with Crippen LogP contribution in [0, 0.1) is 13.8 Å². The Balaban J connectivity index is 1.95. The summed E-state index contributed by atoms with van der Waals surface area (Å²) < 4.78 is 29.2. The Morgan fingerprint density at radius 1 is 1.15 bits per heavy atom. The van der Waals surface area contributed by atoms with Crippen LogP contribution < -0.4 is 4.72 Å². The molecule has 5 heteroatoms. The van der Waals surface area contributed by atoms with Gasteiger partial charge in [0.2, 0.25) is 10.0 Å². The second-order valence-electron chi connectivity index (χ2n) is 4.94. The van der Waals surface area contributed by atoms with E-state index in [4.69, 9.17) is 0 Å². The fourth-order valence-corrected chi connectivity index (χ4v) is 3.46. The summed E-state index contributed by atoms with van der Waals surface area (Å²) in [6, 6.07) is 9.38. The number of nitrogens with one attached hydrogen (secondary N) is 1. The first kappa shape index (κ1) is 14.8. The number of sulfonamides is 1. The number of aromatic nitrogens is 1. The molecule has 0 amide bonds. The van der Waals surface area contributed by atoms with E-state index in [0.29, 0.717) is 11.4 Å². The number of hydrogen-bond donors (Lipinski definition) is 1. The summed E-state index contributed by atoms with van der Waals surface area (Å²) in [4.78, 5) is 0.374. The predicted molar refractivity (Wildman–Crippen MR) is 80.2 cm³/mol. The lowest BCUT2D eigenvalue weighted by Gasteiger charge is -2.10. The van der Waals surface area contributed by atoms with Crippen LogP contribution in [0.1, 0.15) is 17.5 Å². The van der Waals surface area contributed by atoms with Crippen molar-refractivity contribution in [2.24, 2.45) is 0 Å². The second kappa shape index (κ2) is 6.24. The van der Waals surface area contributed by atoms with Crippen molar-refractivity contribution in [3.8, 4) is 0 Å². The molecule has 1 aromatic heterocycles. The van der Waals surface area contributed by atoms with E-state index in [1.807, 2.05) is 55.1 Å². The molecule has 0 fully saturated rings. The summed E-state index contributed by atoms with van der Waals surface area (Å²) in [5.74, 6) is 0. The summed E-state index contributed by atoms with van der Waals surface area (Å²) in [7, 11) is -3.41. The van der Waals surface area contributed by atoms with Gasteiger partial charge in [-0.15, -0.1) is 0 Å². The van der Waals surface area contributed by atoms with Crippen LogP contribution in [0.5, 0.6) is 0 Å². The molecular formula is C15H20N2O2S. The van der Waals surface area contributed by atoms with Gasteiger partial charge in [-0.3, -0.25) is 0 Å². The maximum absolute atomic E-state index is 12.2. The Morgan fingerprint density at radius 3 is 2.55 bits per heavy atom. The standard InChI is InChI=1S/C15H20N2O2S/c1-13-6-7-14(2)15(12-13)20(18,19)16-8-5-11-17-9-3-4-10-17/h3-4,6-7,9-10,12,16H,5,8,11H2,1-2H3. The van der Waals surface area contributed by atoms with Gasteiger partial charge in [-0.1, -0.05) is 12.1 Å². The lowest BCUT2D eigenvalue weighted by molar-refractivity contribution is 0.569. The third-order valence-corrected chi connectivity index (χ3v) is 4.79. The van der Waals surface area contributed by atoms with E-state index in [2.05, 4.69) is 4.72 Å². The summed E-state index contributed by atoms with van der Waals surface area (Å²) in [5.41, 5.74) is 1.72. The molecule has 0 saturated heterocycles. The predicted octanol–water partition coefficient (Wildman–Crippen LogP) is 2.47. The van der Waals surface area contributed by atoms with Crippen molar-refractivity contribution in [3.05, 3.63) is 53.9 Å². The molecule has 1 N–H and O–H groups in total. The quantitative estimate of drug-likeness (QED) is 0.832. The Hall–Kier alpha value is -1.59. The van der Waals surface area contributed by atoms with Crippen molar-refractivity contribution < 1.29 is 8.42 Å². The number of aryl methyl sites for hydroxylation is 3. The van der Waals surface area contributed by atoms with Crippen LogP contribution in [0.4, 0.5) is 0 Å². The van der Waals surface area contributed by atoms with Crippen molar-refractivity contribution in [1.29, 1.82) is 0 Å². The molecule has 2 aromatic rings. The summed E-state index contributed by atoms with van der Waals surface area (Å²) in [5, 5.41) is 0. The van der Waals surface area contributed by atoms with E-state index in [9.17, 15) is 8.42 Å². The monoisotopic (exact) mass is 292 g/mol. The summed E-state index contributed by atoms with van der Waals surface area (Å²) in [6.07, 6.45) is 4.71. The fourth-order valence-electron chi connectivity index (χ4n) is 2.06. The largest absolute Gasteiger partial charge is 0.354 e. The minimum absolute atomic E-state index is 0.374. The average molecular weight is 292 g/mol. The highest BCUT2D eigenvalue weighted by atomic mass is 32.2. The zero-order valence-corrected chi connectivity index (χ0v) is 12.7. The highest BCUT2D eigenvalue weighted by molar-refractivity contribution is 7.89. The molecule has 1 heterocycles. The van der Waals surface area contributed by atoms with Crippen molar-refractivity contribution in [2.45, 2.75) is 31.7 Å². The molecule has 20 heavy (non-hydrogen) atoms. The highest BCUT2D eigenvalue weighted by Gasteiger charge is 2.15. The van der Waals surface area contributed by atoms with Gasteiger partial charge in [0, 0.05) is 25.5 Å². The lowest BCUT2D eigenvalue weighted by Crippen LogP contribution is -2.26. The van der Waals surface area contributed by atoms with E-state index >= 15 is 0 Å². The molecule has 0 saturated carbocycles. The van der Waals surface area contributed by atoms with Gasteiger partial charge >= 0.3 is 0 Å².